The van der Waals surface area contributed by atoms with Crippen molar-refractivity contribution in [1.82, 2.24) is 0 Å². The van der Waals surface area contributed by atoms with Gasteiger partial charge in [-0.15, -0.1) is 0 Å². The minimum absolute atomic E-state index is 0.0871. The molecule has 6 heteroatoms. The lowest BCUT2D eigenvalue weighted by Crippen LogP contribution is -2.30. The Balaban J connectivity index is 4.44. The third-order valence-corrected chi connectivity index (χ3v) is 12.2. The fourth-order valence-corrected chi connectivity index (χ4v) is 7.93. The number of hydrogen-bond acceptors (Lipinski definition) is 6. The van der Waals surface area contributed by atoms with Gasteiger partial charge in [0.15, 0.2) is 6.10 Å². The molecule has 0 aromatic heterocycles. The minimum atomic E-state index is -0.792. The standard InChI is InChI=1S/C61H106O6/c1-4-7-10-13-16-19-22-25-28-29-30-31-34-36-39-42-45-48-51-54-60(63)66-57-58(67-61(64)55-52-49-46-43-40-37-33-27-24-21-18-15-12-9-6-3)56-65-59(62)53-50-47-44-41-38-35-32-26-23-20-17-14-11-8-5-2/h7,10,16,19,25,27-28,30-31,33,36,39,58H,4-6,8-9,11-15,17-18,20-24,26,29,32,34-35,37-38,40-57H2,1-3H3/b10-7-,19-16-,28-25-,31-30-,33-27-,39-36-. The molecule has 0 heterocycles. The molecule has 0 amide bonds. The SMILES string of the molecule is CC/C=C\C/C=C\C/C=C\C/C=C\C/C=C\CCCCCC(=O)OCC(COC(=O)CCCCCCCCCCCCCCCCC)OC(=O)CCCCCCC/C=C\CCCCCCCC. The van der Waals surface area contributed by atoms with Gasteiger partial charge in [0.2, 0.25) is 0 Å². The van der Waals surface area contributed by atoms with Crippen molar-refractivity contribution in [2.24, 2.45) is 0 Å². The largest absolute Gasteiger partial charge is 0.462 e. The maximum Gasteiger partial charge on any atom is 0.306 e. The first-order valence-corrected chi connectivity index (χ1v) is 28.4. The number of unbranched alkanes of at least 4 members (excludes halogenated alkanes) is 28. The summed E-state index contributed by atoms with van der Waals surface area (Å²) in [7, 11) is 0. The van der Waals surface area contributed by atoms with E-state index in [1.54, 1.807) is 0 Å². The van der Waals surface area contributed by atoms with Gasteiger partial charge in [0.25, 0.3) is 0 Å². The predicted molar refractivity (Wildman–Crippen MR) is 288 cm³/mol. The zero-order chi connectivity index (χ0) is 48.6. The Morgan fingerprint density at radius 3 is 0.940 bits per heavy atom. The third-order valence-electron chi connectivity index (χ3n) is 12.2. The molecule has 0 saturated heterocycles. The average Bonchev–Trinajstić information content (AvgIpc) is 3.33. The maximum absolute atomic E-state index is 12.8. The van der Waals surface area contributed by atoms with E-state index in [1.807, 2.05) is 0 Å². The number of ether oxygens (including phenoxy) is 3. The van der Waals surface area contributed by atoms with Crippen LogP contribution < -0.4 is 0 Å². The summed E-state index contributed by atoms with van der Waals surface area (Å²) in [6.45, 7) is 6.51. The Hall–Kier alpha value is -3.15. The van der Waals surface area contributed by atoms with Crippen LogP contribution in [0, 0.1) is 0 Å². The van der Waals surface area contributed by atoms with Crippen LogP contribution in [-0.4, -0.2) is 37.2 Å². The molecule has 0 aliphatic heterocycles. The van der Waals surface area contributed by atoms with Gasteiger partial charge in [0.1, 0.15) is 13.2 Å². The normalized spacial score (nSPS) is 12.6. The molecule has 0 aromatic carbocycles. The first-order valence-electron chi connectivity index (χ1n) is 28.4. The van der Waals surface area contributed by atoms with Gasteiger partial charge in [-0.25, -0.2) is 0 Å². The second kappa shape index (κ2) is 55.4. The molecule has 0 aromatic rings. The molecule has 0 saturated carbocycles. The zero-order valence-corrected chi connectivity index (χ0v) is 44.2. The number of allylic oxidation sites excluding steroid dienone is 12. The lowest BCUT2D eigenvalue weighted by molar-refractivity contribution is -0.167. The van der Waals surface area contributed by atoms with Crippen molar-refractivity contribution < 1.29 is 28.6 Å². The van der Waals surface area contributed by atoms with Gasteiger partial charge in [0.05, 0.1) is 0 Å². The molecule has 1 unspecified atom stereocenters. The van der Waals surface area contributed by atoms with E-state index in [-0.39, 0.29) is 31.1 Å². The van der Waals surface area contributed by atoms with Crippen LogP contribution in [0.2, 0.25) is 0 Å². The molecule has 0 aliphatic rings. The minimum Gasteiger partial charge on any atom is -0.462 e. The molecule has 0 spiro atoms. The third kappa shape index (κ3) is 53.7. The fourth-order valence-electron chi connectivity index (χ4n) is 7.93. The van der Waals surface area contributed by atoms with Crippen LogP contribution in [0.3, 0.4) is 0 Å². The number of rotatable bonds is 51. The van der Waals surface area contributed by atoms with Crippen LogP contribution in [0.1, 0.15) is 278 Å². The first kappa shape index (κ1) is 63.8. The summed E-state index contributed by atoms with van der Waals surface area (Å²) >= 11 is 0. The number of carbonyl (C=O) groups is 3. The van der Waals surface area contributed by atoms with E-state index >= 15 is 0 Å². The maximum atomic E-state index is 12.8. The van der Waals surface area contributed by atoms with Gasteiger partial charge in [-0.05, 0) is 89.9 Å². The Kier molecular flexibility index (Phi) is 52.8. The van der Waals surface area contributed by atoms with Gasteiger partial charge in [-0.1, -0.05) is 241 Å². The molecule has 67 heavy (non-hydrogen) atoms. The Bertz CT molecular complexity index is 1260. The Labute approximate surface area is 414 Å². The van der Waals surface area contributed by atoms with E-state index in [1.165, 1.54) is 128 Å². The van der Waals surface area contributed by atoms with Crippen LogP contribution in [-0.2, 0) is 28.6 Å². The van der Waals surface area contributed by atoms with Crippen molar-refractivity contribution in [3.05, 3.63) is 72.9 Å². The zero-order valence-electron chi connectivity index (χ0n) is 44.2. The first-order chi connectivity index (χ1) is 33.0. The summed E-state index contributed by atoms with van der Waals surface area (Å²) < 4.78 is 16.8. The molecule has 1 atom stereocenters. The van der Waals surface area contributed by atoms with Crippen molar-refractivity contribution in [2.75, 3.05) is 13.2 Å². The highest BCUT2D eigenvalue weighted by Crippen LogP contribution is 2.15. The van der Waals surface area contributed by atoms with Crippen LogP contribution >= 0.6 is 0 Å². The average molecular weight is 936 g/mol. The van der Waals surface area contributed by atoms with E-state index < -0.39 is 6.10 Å². The number of esters is 3. The van der Waals surface area contributed by atoms with Gasteiger partial charge < -0.3 is 14.2 Å². The Morgan fingerprint density at radius 2 is 0.582 bits per heavy atom. The molecular formula is C61H106O6. The van der Waals surface area contributed by atoms with Gasteiger partial charge in [0, 0.05) is 19.3 Å². The summed E-state index contributed by atoms with van der Waals surface area (Å²) in [6.07, 6.45) is 70.3. The van der Waals surface area contributed by atoms with Crippen molar-refractivity contribution in [3.63, 3.8) is 0 Å². The van der Waals surface area contributed by atoms with Crippen LogP contribution in [0.5, 0.6) is 0 Å². The molecule has 0 fully saturated rings. The predicted octanol–water partition coefficient (Wildman–Crippen LogP) is 19.0. The second-order valence-corrected chi connectivity index (χ2v) is 18.8. The lowest BCUT2D eigenvalue weighted by atomic mass is 10.0. The molecule has 0 aliphatic carbocycles. The quantitative estimate of drug-likeness (QED) is 0.0262. The summed E-state index contributed by atoms with van der Waals surface area (Å²) in [5.74, 6) is -0.920. The highest BCUT2D eigenvalue weighted by Gasteiger charge is 2.19. The van der Waals surface area contributed by atoms with E-state index in [9.17, 15) is 14.4 Å². The van der Waals surface area contributed by atoms with Crippen LogP contribution in [0.25, 0.3) is 0 Å². The Morgan fingerprint density at radius 1 is 0.313 bits per heavy atom. The van der Waals surface area contributed by atoms with Crippen molar-refractivity contribution in [3.8, 4) is 0 Å². The second-order valence-electron chi connectivity index (χ2n) is 18.8. The van der Waals surface area contributed by atoms with Gasteiger partial charge >= 0.3 is 17.9 Å². The van der Waals surface area contributed by atoms with Gasteiger partial charge in [-0.3, -0.25) is 14.4 Å². The van der Waals surface area contributed by atoms with Crippen molar-refractivity contribution in [2.45, 2.75) is 284 Å². The van der Waals surface area contributed by atoms with Crippen LogP contribution in [0.4, 0.5) is 0 Å². The van der Waals surface area contributed by atoms with E-state index in [4.69, 9.17) is 14.2 Å². The van der Waals surface area contributed by atoms with Crippen LogP contribution in [0.15, 0.2) is 72.9 Å². The van der Waals surface area contributed by atoms with Crippen molar-refractivity contribution in [1.29, 1.82) is 0 Å². The lowest BCUT2D eigenvalue weighted by Gasteiger charge is -2.18. The van der Waals surface area contributed by atoms with Gasteiger partial charge in [-0.2, -0.15) is 0 Å². The highest BCUT2D eigenvalue weighted by molar-refractivity contribution is 5.71. The highest BCUT2D eigenvalue weighted by atomic mass is 16.6. The summed E-state index contributed by atoms with van der Waals surface area (Å²) in [4.78, 5) is 38.1. The smallest absolute Gasteiger partial charge is 0.306 e. The summed E-state index contributed by atoms with van der Waals surface area (Å²) in [5, 5.41) is 0. The monoisotopic (exact) mass is 935 g/mol. The molecule has 0 bridgehead atoms. The fraction of sp³-hybridized carbons (Fsp3) is 0.754. The molecular weight excluding hydrogens is 829 g/mol. The molecule has 6 nitrogen and oxygen atoms in total. The number of hydrogen-bond donors (Lipinski definition) is 0. The molecule has 0 rings (SSSR count). The van der Waals surface area contributed by atoms with Crippen molar-refractivity contribution >= 4 is 17.9 Å². The topological polar surface area (TPSA) is 78.9 Å². The summed E-state index contributed by atoms with van der Waals surface area (Å²) in [6, 6.07) is 0. The van der Waals surface area contributed by atoms with E-state index in [0.717, 1.165) is 109 Å². The van der Waals surface area contributed by atoms with E-state index in [0.29, 0.717) is 19.3 Å². The molecule has 386 valence electrons. The summed E-state index contributed by atoms with van der Waals surface area (Å²) in [5.41, 5.74) is 0. The molecule has 0 radical (unpaired) electrons. The van der Waals surface area contributed by atoms with E-state index in [2.05, 4.69) is 93.7 Å². The number of carbonyl (C=O) groups excluding carboxylic acids is 3. The molecule has 0 N–H and O–H groups in total.